The standard InChI is InChI=1S/C21H23N3O6/c1-11(24-19(27)15-5-3-4-6-16(15)20(24)28)21(29)30-12(2)18(26)23-14-9-7-13(8-10-14)17(22)25/h3-4,7-12,15-16H,5-6H2,1-2H3,(H2,22,25)(H,23,26). The molecule has 1 fully saturated rings. The second-order valence-electron chi connectivity index (χ2n) is 7.39. The van der Waals surface area contributed by atoms with Crippen LogP contribution in [0.1, 0.15) is 37.0 Å². The lowest BCUT2D eigenvalue weighted by atomic mass is 9.85. The van der Waals surface area contributed by atoms with Crippen molar-refractivity contribution in [2.24, 2.45) is 17.6 Å². The molecule has 1 saturated heterocycles. The normalized spacial score (nSPS) is 22.3. The molecule has 3 rings (SSSR count). The summed E-state index contributed by atoms with van der Waals surface area (Å²) in [5.41, 5.74) is 5.85. The number of carbonyl (C=O) groups is 5. The zero-order valence-electron chi connectivity index (χ0n) is 16.7. The van der Waals surface area contributed by atoms with Crippen molar-refractivity contribution in [3.05, 3.63) is 42.0 Å². The Morgan fingerprint density at radius 2 is 1.57 bits per heavy atom. The Morgan fingerprint density at radius 3 is 2.07 bits per heavy atom. The Morgan fingerprint density at radius 1 is 1.03 bits per heavy atom. The van der Waals surface area contributed by atoms with E-state index >= 15 is 0 Å². The summed E-state index contributed by atoms with van der Waals surface area (Å²) in [7, 11) is 0. The highest BCUT2D eigenvalue weighted by Crippen LogP contribution is 2.36. The fourth-order valence-electron chi connectivity index (χ4n) is 3.60. The topological polar surface area (TPSA) is 136 Å². The lowest BCUT2D eigenvalue weighted by Crippen LogP contribution is -2.46. The van der Waals surface area contributed by atoms with Gasteiger partial charge < -0.3 is 15.8 Å². The average molecular weight is 413 g/mol. The van der Waals surface area contributed by atoms with Crippen LogP contribution in [0.2, 0.25) is 0 Å². The molecule has 1 heterocycles. The number of allylic oxidation sites excluding steroid dienone is 2. The fraction of sp³-hybridized carbons (Fsp3) is 0.381. The van der Waals surface area contributed by atoms with Gasteiger partial charge in [-0.15, -0.1) is 0 Å². The molecule has 9 heteroatoms. The van der Waals surface area contributed by atoms with E-state index in [-0.39, 0.29) is 17.4 Å². The van der Waals surface area contributed by atoms with Crippen molar-refractivity contribution in [2.45, 2.75) is 38.8 Å². The molecule has 0 aromatic heterocycles. The molecule has 0 saturated carbocycles. The van der Waals surface area contributed by atoms with Crippen LogP contribution in [0.4, 0.5) is 5.69 Å². The van der Waals surface area contributed by atoms with Crippen molar-refractivity contribution in [1.82, 2.24) is 4.90 Å². The van der Waals surface area contributed by atoms with E-state index in [1.165, 1.54) is 38.1 Å². The number of nitrogens with zero attached hydrogens (tertiary/aromatic N) is 1. The number of ether oxygens (including phenoxy) is 1. The first-order chi connectivity index (χ1) is 14.2. The lowest BCUT2D eigenvalue weighted by molar-refractivity contribution is -0.163. The number of fused-ring (bicyclic) bond motifs is 1. The first-order valence-corrected chi connectivity index (χ1v) is 9.63. The van der Waals surface area contributed by atoms with Crippen LogP contribution in [-0.2, 0) is 23.9 Å². The predicted octanol–water partition coefficient (Wildman–Crippen LogP) is 0.995. The second kappa shape index (κ2) is 8.48. The second-order valence-corrected chi connectivity index (χ2v) is 7.39. The molecule has 0 radical (unpaired) electrons. The molecular formula is C21H23N3O6. The first kappa shape index (κ1) is 21.2. The zero-order chi connectivity index (χ0) is 22.0. The number of benzene rings is 1. The number of imide groups is 1. The largest absolute Gasteiger partial charge is 0.451 e. The molecule has 1 aromatic carbocycles. The number of carbonyl (C=O) groups excluding carboxylic acids is 5. The Bertz CT molecular complexity index is 897. The Kier molecular flexibility index (Phi) is 6.00. The van der Waals surface area contributed by atoms with Crippen molar-refractivity contribution in [3.8, 4) is 0 Å². The molecule has 30 heavy (non-hydrogen) atoms. The monoisotopic (exact) mass is 413 g/mol. The molecule has 1 aromatic rings. The zero-order valence-corrected chi connectivity index (χ0v) is 16.7. The van der Waals surface area contributed by atoms with E-state index in [0.717, 1.165) is 4.90 Å². The van der Waals surface area contributed by atoms with E-state index in [9.17, 15) is 24.0 Å². The van der Waals surface area contributed by atoms with Crippen molar-refractivity contribution >= 4 is 35.3 Å². The quantitative estimate of drug-likeness (QED) is 0.406. The number of amides is 4. The molecule has 9 nitrogen and oxygen atoms in total. The summed E-state index contributed by atoms with van der Waals surface area (Å²) in [4.78, 5) is 62.0. The van der Waals surface area contributed by atoms with Crippen LogP contribution in [0, 0.1) is 11.8 Å². The molecular weight excluding hydrogens is 390 g/mol. The van der Waals surface area contributed by atoms with E-state index in [0.29, 0.717) is 18.5 Å². The van der Waals surface area contributed by atoms with Gasteiger partial charge in [0.1, 0.15) is 6.04 Å². The smallest absolute Gasteiger partial charge is 0.329 e. The molecule has 4 amide bonds. The number of likely N-dealkylation sites (tertiary alicyclic amines) is 1. The van der Waals surface area contributed by atoms with Crippen LogP contribution in [-0.4, -0.2) is 46.6 Å². The van der Waals surface area contributed by atoms with Crippen molar-refractivity contribution in [2.75, 3.05) is 5.32 Å². The van der Waals surface area contributed by atoms with Crippen LogP contribution in [0.15, 0.2) is 36.4 Å². The number of hydrogen-bond donors (Lipinski definition) is 2. The highest BCUT2D eigenvalue weighted by molar-refractivity contribution is 6.08. The summed E-state index contributed by atoms with van der Waals surface area (Å²) in [6.45, 7) is 2.80. The minimum absolute atomic E-state index is 0.289. The first-order valence-electron chi connectivity index (χ1n) is 9.63. The SMILES string of the molecule is CC(OC(=O)C(C)N1C(=O)C2CC=CCC2C1=O)C(=O)Nc1ccc(C(N)=O)cc1. The molecule has 1 aliphatic carbocycles. The van der Waals surface area contributed by atoms with Crippen molar-refractivity contribution in [1.29, 1.82) is 0 Å². The molecule has 158 valence electrons. The Hall–Kier alpha value is -3.49. The molecule has 1 aliphatic heterocycles. The summed E-state index contributed by atoms with van der Waals surface area (Å²) < 4.78 is 5.18. The number of esters is 1. The molecule has 3 N–H and O–H groups in total. The fourth-order valence-corrected chi connectivity index (χ4v) is 3.60. The third kappa shape index (κ3) is 4.10. The van der Waals surface area contributed by atoms with Gasteiger partial charge >= 0.3 is 5.97 Å². The van der Waals surface area contributed by atoms with Crippen LogP contribution in [0.25, 0.3) is 0 Å². The molecule has 0 bridgehead atoms. The van der Waals surface area contributed by atoms with E-state index in [2.05, 4.69) is 5.32 Å². The predicted molar refractivity (Wildman–Crippen MR) is 106 cm³/mol. The van der Waals surface area contributed by atoms with Gasteiger partial charge in [-0.25, -0.2) is 4.79 Å². The van der Waals surface area contributed by atoms with E-state index in [4.69, 9.17) is 10.5 Å². The highest BCUT2D eigenvalue weighted by Gasteiger charge is 2.50. The van der Waals surface area contributed by atoms with Gasteiger partial charge in [-0.1, -0.05) is 12.2 Å². The van der Waals surface area contributed by atoms with Gasteiger partial charge in [0.05, 0.1) is 11.8 Å². The number of nitrogens with two attached hydrogens (primary N) is 1. The Balaban J connectivity index is 1.59. The van der Waals surface area contributed by atoms with Gasteiger partial charge in [0, 0.05) is 11.3 Å². The van der Waals surface area contributed by atoms with Crippen LogP contribution < -0.4 is 11.1 Å². The van der Waals surface area contributed by atoms with Crippen LogP contribution >= 0.6 is 0 Å². The van der Waals surface area contributed by atoms with Crippen LogP contribution in [0.5, 0.6) is 0 Å². The van der Waals surface area contributed by atoms with Crippen molar-refractivity contribution < 1.29 is 28.7 Å². The summed E-state index contributed by atoms with van der Waals surface area (Å²) >= 11 is 0. The number of primary amides is 1. The van der Waals surface area contributed by atoms with Gasteiger partial charge in [0.15, 0.2) is 6.10 Å². The summed E-state index contributed by atoms with van der Waals surface area (Å²) in [5, 5.41) is 2.56. The van der Waals surface area contributed by atoms with Crippen LogP contribution in [0.3, 0.4) is 0 Å². The van der Waals surface area contributed by atoms with E-state index < -0.39 is 41.8 Å². The summed E-state index contributed by atoms with van der Waals surface area (Å²) in [6, 6.07) is 4.77. The molecule has 4 unspecified atom stereocenters. The highest BCUT2D eigenvalue weighted by atomic mass is 16.5. The maximum atomic E-state index is 12.6. The maximum Gasteiger partial charge on any atom is 0.329 e. The summed E-state index contributed by atoms with van der Waals surface area (Å²) in [5.74, 6) is -3.68. The number of anilines is 1. The van der Waals surface area contributed by atoms with E-state index in [1.54, 1.807) is 0 Å². The van der Waals surface area contributed by atoms with Gasteiger partial charge in [0.25, 0.3) is 5.91 Å². The average Bonchev–Trinajstić information content (AvgIpc) is 2.98. The minimum Gasteiger partial charge on any atom is -0.451 e. The van der Waals surface area contributed by atoms with E-state index in [1.807, 2.05) is 12.2 Å². The lowest BCUT2D eigenvalue weighted by Gasteiger charge is -2.23. The third-order valence-corrected chi connectivity index (χ3v) is 5.37. The van der Waals surface area contributed by atoms with Gasteiger partial charge in [-0.2, -0.15) is 0 Å². The maximum absolute atomic E-state index is 12.6. The molecule has 0 spiro atoms. The van der Waals surface area contributed by atoms with Gasteiger partial charge in [0.2, 0.25) is 17.7 Å². The Labute approximate surface area is 173 Å². The molecule has 2 aliphatic rings. The summed E-state index contributed by atoms with van der Waals surface area (Å²) in [6.07, 6.45) is 3.51. The molecule has 4 atom stereocenters. The van der Waals surface area contributed by atoms with Crippen molar-refractivity contribution in [3.63, 3.8) is 0 Å². The van der Waals surface area contributed by atoms with Gasteiger partial charge in [-0.3, -0.25) is 24.1 Å². The van der Waals surface area contributed by atoms with Gasteiger partial charge in [-0.05, 0) is 51.0 Å². The number of hydrogen-bond acceptors (Lipinski definition) is 6. The number of nitrogens with one attached hydrogen (secondary N) is 1. The third-order valence-electron chi connectivity index (χ3n) is 5.37. The number of rotatable bonds is 6. The minimum atomic E-state index is -1.16.